The first-order chi connectivity index (χ1) is 25.7. The van der Waals surface area contributed by atoms with Crippen molar-refractivity contribution in [3.05, 3.63) is 131 Å². The van der Waals surface area contributed by atoms with E-state index in [2.05, 4.69) is 155 Å². The fraction of sp³-hybridized carbons (Fsp3) is 0.367. The molecule has 5 rings (SSSR count). The molecule has 3 nitrogen and oxygen atoms in total. The molecule has 0 saturated carbocycles. The lowest BCUT2D eigenvalue weighted by Gasteiger charge is -2.38. The van der Waals surface area contributed by atoms with Crippen LogP contribution in [0.5, 0.6) is 0 Å². The Bertz CT molecular complexity index is 1940. The summed E-state index contributed by atoms with van der Waals surface area (Å²) in [5, 5.41) is 0. The van der Waals surface area contributed by atoms with E-state index in [-0.39, 0.29) is 5.78 Å². The monoisotopic (exact) mass is 746 g/mol. The van der Waals surface area contributed by atoms with E-state index in [1.165, 1.54) is 0 Å². The lowest BCUT2D eigenvalue weighted by Crippen LogP contribution is -2.43. The van der Waals surface area contributed by atoms with Gasteiger partial charge in [0.2, 0.25) is 0 Å². The van der Waals surface area contributed by atoms with Crippen LogP contribution in [0.15, 0.2) is 97.3 Å². The topological polar surface area (TPSA) is 42.9 Å². The van der Waals surface area contributed by atoms with Crippen LogP contribution >= 0.6 is 0 Å². The van der Waals surface area contributed by atoms with Gasteiger partial charge in [-0.3, -0.25) is 14.8 Å². The third-order valence-electron chi connectivity index (χ3n) is 12.0. The van der Waals surface area contributed by atoms with Crippen LogP contribution in [-0.2, 0) is 4.79 Å². The number of hydrogen-bond donors (Lipinski definition) is 0. The van der Waals surface area contributed by atoms with Crippen LogP contribution in [0, 0.1) is 22.9 Å². The van der Waals surface area contributed by atoms with Gasteiger partial charge in [0.15, 0.2) is 5.78 Å². The minimum absolute atomic E-state index is 0.0756. The smallest absolute Gasteiger partial charge is 0.198 e. The first-order valence-electron chi connectivity index (χ1n) is 19.8. The summed E-state index contributed by atoms with van der Waals surface area (Å²) in [5.74, 6) is 7.14. The Kier molecular flexibility index (Phi) is 12.7. The van der Waals surface area contributed by atoms with Crippen molar-refractivity contribution in [1.29, 1.82) is 0 Å². The summed E-state index contributed by atoms with van der Waals surface area (Å²) < 4.78 is 0. The van der Waals surface area contributed by atoms with Gasteiger partial charge in [-0.25, -0.2) is 0 Å². The first kappa shape index (κ1) is 40.6. The quantitative estimate of drug-likeness (QED) is 0.120. The standard InChI is InChI=1S/C49H58N2OSi2/c1-33(2)53(34(3)4,35(5)6)31-27-39-19-23-41(24-20-39)45-46(42-25-21-40(22-26-42)28-32-54(36(7)8,37(9)10)38(11)12)48(44-18-14-16-30-51-44)49(52)47(45)43-17-13-15-29-50-43/h13-26,29-30,33-38H,1-12H3. The molecule has 1 aliphatic carbocycles. The fourth-order valence-electron chi connectivity index (χ4n) is 9.36. The number of Topliss-reactive ketones (excluding diaryl/α,β-unsaturated/α-hetero) is 1. The van der Waals surface area contributed by atoms with Gasteiger partial charge in [0.05, 0.1) is 22.5 Å². The number of carbonyl (C=O) groups excluding carboxylic acids is 1. The van der Waals surface area contributed by atoms with Crippen molar-refractivity contribution >= 4 is 44.2 Å². The van der Waals surface area contributed by atoms with E-state index in [9.17, 15) is 4.79 Å². The third kappa shape index (κ3) is 7.68. The second kappa shape index (κ2) is 16.9. The molecule has 0 fully saturated rings. The van der Waals surface area contributed by atoms with Gasteiger partial charge < -0.3 is 0 Å². The van der Waals surface area contributed by atoms with Crippen molar-refractivity contribution in [2.75, 3.05) is 0 Å². The van der Waals surface area contributed by atoms with Gasteiger partial charge in [-0.15, -0.1) is 11.1 Å². The molecule has 0 amide bonds. The van der Waals surface area contributed by atoms with Crippen molar-refractivity contribution in [2.45, 2.75) is 116 Å². The molecule has 0 radical (unpaired) electrons. The summed E-state index contributed by atoms with van der Waals surface area (Å²) in [5.41, 5.74) is 19.1. The highest BCUT2D eigenvalue weighted by molar-refractivity contribution is 6.91. The summed E-state index contributed by atoms with van der Waals surface area (Å²) in [6.07, 6.45) is 3.50. The minimum Gasteiger partial charge on any atom is -0.288 e. The molecule has 1 aliphatic rings. The fourth-order valence-corrected chi connectivity index (χ4v) is 19.8. The zero-order chi connectivity index (χ0) is 39.4. The summed E-state index contributed by atoms with van der Waals surface area (Å²) in [7, 11) is -3.80. The van der Waals surface area contributed by atoms with Crippen LogP contribution in [0.3, 0.4) is 0 Å². The average molecular weight is 747 g/mol. The van der Waals surface area contributed by atoms with Crippen LogP contribution in [0.4, 0.5) is 0 Å². The highest BCUT2D eigenvalue weighted by atomic mass is 28.3. The largest absolute Gasteiger partial charge is 0.288 e. The van der Waals surface area contributed by atoms with Crippen LogP contribution in [0.2, 0.25) is 33.2 Å². The molecule has 4 aromatic rings. The predicted molar refractivity (Wildman–Crippen MR) is 236 cm³/mol. The van der Waals surface area contributed by atoms with Crippen molar-refractivity contribution in [3.63, 3.8) is 0 Å². The van der Waals surface area contributed by atoms with Gasteiger partial charge in [0, 0.05) is 34.7 Å². The molecule has 0 atom stereocenters. The molecule has 0 unspecified atom stereocenters. The molecule has 2 heterocycles. The Labute approximate surface area is 327 Å². The van der Waals surface area contributed by atoms with E-state index in [4.69, 9.17) is 9.97 Å². The number of benzene rings is 2. The molecule has 54 heavy (non-hydrogen) atoms. The maximum absolute atomic E-state index is 14.8. The summed E-state index contributed by atoms with van der Waals surface area (Å²) in [4.78, 5) is 24.2. The van der Waals surface area contributed by atoms with Crippen LogP contribution in [0.1, 0.15) is 117 Å². The van der Waals surface area contributed by atoms with E-state index in [1.807, 2.05) is 36.4 Å². The molecule has 0 bridgehead atoms. The molecule has 278 valence electrons. The number of pyridine rings is 2. The van der Waals surface area contributed by atoms with Crippen molar-refractivity contribution in [1.82, 2.24) is 9.97 Å². The molecular weight excluding hydrogens is 689 g/mol. The second-order valence-corrected chi connectivity index (χ2v) is 27.9. The predicted octanol–water partition coefficient (Wildman–Crippen LogP) is 12.7. The normalized spacial score (nSPS) is 13.8. The Hall–Kier alpha value is -4.56. The molecule has 2 aromatic heterocycles. The highest BCUT2D eigenvalue weighted by Crippen LogP contribution is 2.49. The maximum atomic E-state index is 14.8. The maximum Gasteiger partial charge on any atom is 0.198 e. The zero-order valence-electron chi connectivity index (χ0n) is 34.5. The zero-order valence-corrected chi connectivity index (χ0v) is 36.5. The number of carbonyl (C=O) groups is 1. The van der Waals surface area contributed by atoms with E-state index < -0.39 is 16.1 Å². The Balaban J connectivity index is 1.70. The highest BCUT2D eigenvalue weighted by Gasteiger charge is 2.43. The second-order valence-electron chi connectivity index (χ2n) is 16.7. The number of hydrogen-bond acceptors (Lipinski definition) is 3. The van der Waals surface area contributed by atoms with Gasteiger partial charge in [-0.2, -0.15) is 0 Å². The van der Waals surface area contributed by atoms with Gasteiger partial charge in [0.25, 0.3) is 0 Å². The number of aromatic nitrogens is 2. The molecule has 0 saturated heterocycles. The summed E-state index contributed by atoms with van der Waals surface area (Å²) in [6, 6.07) is 28.4. The molecule has 0 aliphatic heterocycles. The van der Waals surface area contributed by atoms with Gasteiger partial charge in [0.1, 0.15) is 16.1 Å². The van der Waals surface area contributed by atoms with Crippen LogP contribution < -0.4 is 0 Å². The molecule has 0 N–H and O–H groups in total. The summed E-state index contributed by atoms with van der Waals surface area (Å²) in [6.45, 7) is 28.1. The van der Waals surface area contributed by atoms with E-state index in [0.29, 0.717) is 55.8 Å². The lowest BCUT2D eigenvalue weighted by molar-refractivity contribution is -0.108. The van der Waals surface area contributed by atoms with Crippen molar-refractivity contribution in [2.24, 2.45) is 0 Å². The molecule has 5 heteroatoms. The van der Waals surface area contributed by atoms with E-state index in [0.717, 1.165) is 33.4 Å². The van der Waals surface area contributed by atoms with Crippen LogP contribution in [0.25, 0.3) is 22.3 Å². The van der Waals surface area contributed by atoms with E-state index in [1.54, 1.807) is 12.4 Å². The Morgan fingerprint density at radius 1 is 0.426 bits per heavy atom. The van der Waals surface area contributed by atoms with Gasteiger partial charge in [-0.05, 0) is 92.9 Å². The van der Waals surface area contributed by atoms with Gasteiger partial charge in [-0.1, -0.05) is 131 Å². The number of nitrogens with zero attached hydrogens (tertiary/aromatic N) is 2. The Morgan fingerprint density at radius 3 is 1.00 bits per heavy atom. The van der Waals surface area contributed by atoms with E-state index >= 15 is 0 Å². The molecule has 0 spiro atoms. The van der Waals surface area contributed by atoms with Crippen molar-refractivity contribution in [3.8, 4) is 22.9 Å². The third-order valence-corrected chi connectivity index (χ3v) is 24.6. The lowest BCUT2D eigenvalue weighted by atomic mass is 9.89. The molecular formula is C49H58N2OSi2. The Morgan fingerprint density at radius 2 is 0.741 bits per heavy atom. The first-order valence-corrected chi connectivity index (χ1v) is 24.3. The van der Waals surface area contributed by atoms with Crippen molar-refractivity contribution < 1.29 is 4.79 Å². The SMILES string of the molecule is CC(C)[Si](C#Cc1ccc(C2=C(c3ccccn3)C(=O)C(c3ccccn3)=C2c2ccc(C#C[Si](C(C)C)(C(C)C)C(C)C)cc2)cc1)(C(C)C)C(C)C. The summed E-state index contributed by atoms with van der Waals surface area (Å²) >= 11 is 0. The molecule has 2 aromatic carbocycles. The number of rotatable bonds is 10. The van der Waals surface area contributed by atoms with Gasteiger partial charge >= 0.3 is 0 Å². The number of ketones is 1. The minimum atomic E-state index is -1.90. The van der Waals surface area contributed by atoms with Crippen LogP contribution in [-0.4, -0.2) is 31.9 Å². The number of allylic oxidation sites excluding steroid dienone is 4. The average Bonchev–Trinajstić information content (AvgIpc) is 3.45.